The average molecular weight is 430 g/mol. The molecular formula is C27H27NO2S. The lowest BCUT2D eigenvalue weighted by atomic mass is 9.64. The molecule has 0 aromatic heterocycles. The minimum absolute atomic E-state index is 0.130. The van der Waals surface area contributed by atoms with Crippen molar-refractivity contribution in [1.29, 1.82) is 0 Å². The van der Waals surface area contributed by atoms with E-state index in [1.54, 1.807) is 24.3 Å². The highest BCUT2D eigenvalue weighted by Crippen LogP contribution is 2.43. The fourth-order valence-electron chi connectivity index (χ4n) is 4.45. The second-order valence-electron chi connectivity index (χ2n) is 7.84. The maximum absolute atomic E-state index is 13.2. The van der Waals surface area contributed by atoms with Crippen LogP contribution in [0.4, 0.5) is 0 Å². The number of rotatable bonds is 7. The molecule has 4 heteroatoms. The van der Waals surface area contributed by atoms with E-state index in [9.17, 15) is 8.42 Å². The van der Waals surface area contributed by atoms with Crippen molar-refractivity contribution in [2.75, 3.05) is 6.54 Å². The highest BCUT2D eigenvalue weighted by molar-refractivity contribution is 7.89. The highest BCUT2D eigenvalue weighted by Gasteiger charge is 2.41. The van der Waals surface area contributed by atoms with Gasteiger partial charge in [-0.15, -0.1) is 0 Å². The van der Waals surface area contributed by atoms with E-state index in [0.717, 1.165) is 24.0 Å². The Hall–Kier alpha value is -2.95. The second kappa shape index (κ2) is 9.46. The summed E-state index contributed by atoms with van der Waals surface area (Å²) in [6.07, 6.45) is 10.4. The molecule has 1 atom stereocenters. The zero-order chi connectivity index (χ0) is 21.6. The quantitative estimate of drug-likeness (QED) is 0.541. The summed E-state index contributed by atoms with van der Waals surface area (Å²) >= 11 is 0. The topological polar surface area (TPSA) is 46.2 Å². The van der Waals surface area contributed by atoms with E-state index < -0.39 is 15.4 Å². The second-order valence-corrected chi connectivity index (χ2v) is 9.60. The molecule has 0 saturated carbocycles. The first-order chi connectivity index (χ1) is 15.1. The Kier molecular flexibility index (Phi) is 6.50. The van der Waals surface area contributed by atoms with Crippen LogP contribution in [0.2, 0.25) is 0 Å². The number of hydrogen-bond donors (Lipinski definition) is 1. The van der Waals surface area contributed by atoms with Crippen molar-refractivity contribution < 1.29 is 8.42 Å². The number of sulfonamides is 1. The van der Waals surface area contributed by atoms with Crippen LogP contribution in [-0.2, 0) is 15.4 Å². The summed E-state index contributed by atoms with van der Waals surface area (Å²) in [5.41, 5.74) is 1.68. The molecule has 3 nitrogen and oxygen atoms in total. The van der Waals surface area contributed by atoms with Crippen LogP contribution in [0.5, 0.6) is 0 Å². The first-order valence-electron chi connectivity index (χ1n) is 10.6. The summed E-state index contributed by atoms with van der Waals surface area (Å²) in [6, 6.07) is 29.1. The SMILES string of the molecule is O=S(=O)(NCC(c1ccccc1)(c1ccccc1)C1C=CC=CCC1)c1ccccc1. The molecule has 0 heterocycles. The van der Waals surface area contributed by atoms with Crippen molar-refractivity contribution in [3.63, 3.8) is 0 Å². The molecule has 0 aliphatic heterocycles. The largest absolute Gasteiger partial charge is 0.240 e. The summed E-state index contributed by atoms with van der Waals surface area (Å²) in [4.78, 5) is 0.281. The fourth-order valence-corrected chi connectivity index (χ4v) is 5.55. The molecule has 1 aliphatic carbocycles. The Morgan fingerprint density at radius 1 is 0.774 bits per heavy atom. The smallest absolute Gasteiger partial charge is 0.210 e. The zero-order valence-electron chi connectivity index (χ0n) is 17.4. The Bertz CT molecular complexity index is 1100. The summed E-state index contributed by atoms with van der Waals surface area (Å²) in [7, 11) is -3.65. The van der Waals surface area contributed by atoms with Gasteiger partial charge in [-0.25, -0.2) is 13.1 Å². The molecule has 0 spiro atoms. The Balaban J connectivity index is 1.83. The van der Waals surface area contributed by atoms with Crippen LogP contribution in [0.15, 0.2) is 120 Å². The third-order valence-corrected chi connectivity index (χ3v) is 7.46. The van der Waals surface area contributed by atoms with Crippen molar-refractivity contribution in [3.8, 4) is 0 Å². The van der Waals surface area contributed by atoms with E-state index in [1.165, 1.54) is 0 Å². The molecule has 158 valence electrons. The maximum atomic E-state index is 13.2. The van der Waals surface area contributed by atoms with Crippen LogP contribution in [-0.4, -0.2) is 15.0 Å². The molecule has 0 radical (unpaired) electrons. The van der Waals surface area contributed by atoms with Crippen LogP contribution in [0.25, 0.3) is 0 Å². The van der Waals surface area contributed by atoms with E-state index in [-0.39, 0.29) is 17.4 Å². The van der Waals surface area contributed by atoms with Gasteiger partial charge in [-0.3, -0.25) is 0 Å². The Morgan fingerprint density at radius 3 is 1.90 bits per heavy atom. The molecule has 1 aliphatic rings. The number of nitrogens with one attached hydrogen (secondary N) is 1. The summed E-state index contributed by atoms with van der Waals surface area (Å²) < 4.78 is 29.3. The first-order valence-corrected chi connectivity index (χ1v) is 12.1. The predicted molar refractivity (Wildman–Crippen MR) is 126 cm³/mol. The predicted octanol–water partition coefficient (Wildman–Crippen LogP) is 5.47. The molecular weight excluding hydrogens is 402 g/mol. The van der Waals surface area contributed by atoms with Gasteiger partial charge in [-0.2, -0.15) is 0 Å². The van der Waals surface area contributed by atoms with Gasteiger partial charge in [-0.05, 0) is 42.0 Å². The van der Waals surface area contributed by atoms with Crippen molar-refractivity contribution in [2.24, 2.45) is 5.92 Å². The van der Waals surface area contributed by atoms with Gasteiger partial charge in [0.1, 0.15) is 0 Å². The summed E-state index contributed by atoms with van der Waals surface area (Å²) in [5, 5.41) is 0. The van der Waals surface area contributed by atoms with Crippen molar-refractivity contribution >= 4 is 10.0 Å². The van der Waals surface area contributed by atoms with Crippen molar-refractivity contribution in [3.05, 3.63) is 126 Å². The lowest BCUT2D eigenvalue weighted by molar-refractivity contribution is 0.360. The summed E-state index contributed by atoms with van der Waals surface area (Å²) in [5.74, 6) is 0.130. The van der Waals surface area contributed by atoms with Crippen molar-refractivity contribution in [2.45, 2.75) is 23.2 Å². The van der Waals surface area contributed by atoms with E-state index in [0.29, 0.717) is 0 Å². The molecule has 0 bridgehead atoms. The third-order valence-electron chi connectivity index (χ3n) is 6.04. The molecule has 0 saturated heterocycles. The standard InChI is InChI=1S/C27H27NO2S/c29-31(30,26-20-12-5-13-21-26)28-22-27(24-16-8-3-9-17-24,25-18-10-4-11-19-25)23-14-6-1-2-7-15-23/h1-6,8-14,16-21,23,28H,7,15,22H2. The molecule has 3 aromatic rings. The van der Waals surface area contributed by atoms with Gasteiger partial charge < -0.3 is 0 Å². The molecule has 1 N–H and O–H groups in total. The Morgan fingerprint density at radius 2 is 1.32 bits per heavy atom. The van der Waals surface area contributed by atoms with Crippen LogP contribution in [0, 0.1) is 5.92 Å². The van der Waals surface area contributed by atoms with Gasteiger partial charge in [0.15, 0.2) is 0 Å². The molecule has 0 fully saturated rings. The number of benzene rings is 3. The monoisotopic (exact) mass is 429 g/mol. The van der Waals surface area contributed by atoms with Gasteiger partial charge in [-0.1, -0.05) is 103 Å². The van der Waals surface area contributed by atoms with Crippen LogP contribution < -0.4 is 4.72 Å². The molecule has 31 heavy (non-hydrogen) atoms. The van der Waals surface area contributed by atoms with Gasteiger partial charge in [0.25, 0.3) is 0 Å². The van der Waals surface area contributed by atoms with Gasteiger partial charge in [0.2, 0.25) is 10.0 Å². The molecule has 1 unspecified atom stereocenters. The highest BCUT2D eigenvalue weighted by atomic mass is 32.2. The van der Waals surface area contributed by atoms with Gasteiger partial charge >= 0.3 is 0 Å². The zero-order valence-corrected chi connectivity index (χ0v) is 18.2. The number of allylic oxidation sites excluding steroid dienone is 4. The van der Waals surface area contributed by atoms with Crippen LogP contribution in [0.1, 0.15) is 24.0 Å². The maximum Gasteiger partial charge on any atom is 0.240 e. The number of hydrogen-bond acceptors (Lipinski definition) is 2. The molecule has 3 aromatic carbocycles. The van der Waals surface area contributed by atoms with E-state index in [4.69, 9.17) is 0 Å². The lowest BCUT2D eigenvalue weighted by Gasteiger charge is -2.41. The van der Waals surface area contributed by atoms with Crippen LogP contribution >= 0.6 is 0 Å². The van der Waals surface area contributed by atoms with E-state index in [1.807, 2.05) is 42.5 Å². The third kappa shape index (κ3) is 4.55. The normalized spacial score (nSPS) is 16.7. The first kappa shape index (κ1) is 21.3. The average Bonchev–Trinajstić information content (AvgIpc) is 3.12. The summed E-state index contributed by atoms with van der Waals surface area (Å²) in [6.45, 7) is 0.271. The minimum atomic E-state index is -3.65. The Labute approximate surface area is 185 Å². The molecule has 4 rings (SSSR count). The van der Waals surface area contributed by atoms with Crippen molar-refractivity contribution in [1.82, 2.24) is 4.72 Å². The molecule has 0 amide bonds. The van der Waals surface area contributed by atoms with E-state index in [2.05, 4.69) is 53.3 Å². The van der Waals surface area contributed by atoms with Crippen LogP contribution in [0.3, 0.4) is 0 Å². The van der Waals surface area contributed by atoms with Gasteiger partial charge in [0.05, 0.1) is 4.90 Å². The fraction of sp³-hybridized carbons (Fsp3) is 0.185. The lowest BCUT2D eigenvalue weighted by Crippen LogP contribution is -2.46. The van der Waals surface area contributed by atoms with Gasteiger partial charge in [0, 0.05) is 12.0 Å². The minimum Gasteiger partial charge on any atom is -0.210 e. The van der Waals surface area contributed by atoms with E-state index >= 15 is 0 Å².